The van der Waals surface area contributed by atoms with Crippen molar-refractivity contribution in [2.45, 2.75) is 32.6 Å². The summed E-state index contributed by atoms with van der Waals surface area (Å²) in [4.78, 5) is 4.43. The molecule has 0 saturated carbocycles. The fourth-order valence-corrected chi connectivity index (χ4v) is 1.49. The number of nitrogens with zero attached hydrogens (tertiary/aromatic N) is 2. The zero-order valence-electron chi connectivity index (χ0n) is 8.98. The lowest BCUT2D eigenvalue weighted by atomic mass is 10.2. The average Bonchev–Trinajstić information content (AvgIpc) is 2.60. The molecule has 82 valence electrons. The van der Waals surface area contributed by atoms with Gasteiger partial charge in [0.05, 0.1) is 6.67 Å². The first-order valence-corrected chi connectivity index (χ1v) is 5.17. The SMILES string of the molecule is C=CN1C=CN(CCCCCC)C1.Cl. The third kappa shape index (κ3) is 4.56. The molecule has 3 heteroatoms. The van der Waals surface area contributed by atoms with E-state index < -0.39 is 0 Å². The Labute approximate surface area is 93.7 Å². The lowest BCUT2D eigenvalue weighted by Crippen LogP contribution is -2.22. The Bertz CT molecular complexity index is 180. The van der Waals surface area contributed by atoms with Gasteiger partial charge in [-0.1, -0.05) is 32.8 Å². The molecule has 1 rings (SSSR count). The standard InChI is InChI=1S/C11H20N2.ClH/c1-3-5-6-7-8-13-10-9-12(4-2)11-13;/h4,9-10H,2-3,5-8,11H2,1H3;1H. The highest BCUT2D eigenvalue weighted by Crippen LogP contribution is 2.08. The van der Waals surface area contributed by atoms with Crippen molar-refractivity contribution in [1.29, 1.82) is 0 Å². The first kappa shape index (κ1) is 13.4. The summed E-state index contributed by atoms with van der Waals surface area (Å²) in [5.41, 5.74) is 0. The van der Waals surface area contributed by atoms with Crippen LogP contribution < -0.4 is 0 Å². The van der Waals surface area contributed by atoms with Gasteiger partial charge in [0.25, 0.3) is 0 Å². The zero-order chi connectivity index (χ0) is 9.52. The van der Waals surface area contributed by atoms with Crippen molar-refractivity contribution in [3.05, 3.63) is 25.2 Å². The topological polar surface area (TPSA) is 6.48 Å². The third-order valence-electron chi connectivity index (χ3n) is 2.35. The molecule has 0 aromatic rings. The van der Waals surface area contributed by atoms with Gasteiger partial charge in [-0.15, -0.1) is 12.4 Å². The molecule has 14 heavy (non-hydrogen) atoms. The molecule has 0 unspecified atom stereocenters. The van der Waals surface area contributed by atoms with Crippen LogP contribution in [0.15, 0.2) is 25.2 Å². The Balaban J connectivity index is 0.00000169. The van der Waals surface area contributed by atoms with Crippen molar-refractivity contribution in [3.8, 4) is 0 Å². The normalized spacial score (nSPS) is 14.4. The summed E-state index contributed by atoms with van der Waals surface area (Å²) >= 11 is 0. The summed E-state index contributed by atoms with van der Waals surface area (Å²) in [6, 6.07) is 0. The predicted octanol–water partition coefficient (Wildman–Crippen LogP) is 3.18. The maximum absolute atomic E-state index is 3.73. The minimum absolute atomic E-state index is 0. The van der Waals surface area contributed by atoms with Crippen LogP contribution in [0.25, 0.3) is 0 Å². The molecule has 0 spiro atoms. The van der Waals surface area contributed by atoms with E-state index in [2.05, 4.69) is 35.7 Å². The Kier molecular flexibility index (Phi) is 7.40. The summed E-state index contributed by atoms with van der Waals surface area (Å²) in [5.74, 6) is 0. The van der Waals surface area contributed by atoms with Gasteiger partial charge in [0, 0.05) is 18.9 Å². The van der Waals surface area contributed by atoms with Gasteiger partial charge in [-0.25, -0.2) is 0 Å². The van der Waals surface area contributed by atoms with Crippen LogP contribution in [-0.2, 0) is 0 Å². The van der Waals surface area contributed by atoms with Gasteiger partial charge >= 0.3 is 0 Å². The van der Waals surface area contributed by atoms with E-state index in [1.165, 1.54) is 32.2 Å². The Hall–Kier alpha value is -0.630. The van der Waals surface area contributed by atoms with Crippen LogP contribution >= 0.6 is 12.4 Å². The van der Waals surface area contributed by atoms with Crippen molar-refractivity contribution >= 4 is 12.4 Å². The second kappa shape index (κ2) is 7.74. The molecule has 0 aromatic carbocycles. The smallest absolute Gasteiger partial charge is 0.0935 e. The molecule has 0 N–H and O–H groups in total. The van der Waals surface area contributed by atoms with Crippen LogP contribution in [0.1, 0.15) is 32.6 Å². The molecule has 0 atom stereocenters. The molecular weight excluding hydrogens is 196 g/mol. The maximum atomic E-state index is 3.73. The van der Waals surface area contributed by atoms with E-state index in [4.69, 9.17) is 0 Å². The molecule has 1 aliphatic heterocycles. The third-order valence-corrected chi connectivity index (χ3v) is 2.35. The van der Waals surface area contributed by atoms with Crippen LogP contribution in [-0.4, -0.2) is 23.0 Å². The van der Waals surface area contributed by atoms with Gasteiger partial charge in [0.15, 0.2) is 0 Å². The van der Waals surface area contributed by atoms with Crippen LogP contribution in [0.5, 0.6) is 0 Å². The molecule has 0 radical (unpaired) electrons. The summed E-state index contributed by atoms with van der Waals surface area (Å²) in [7, 11) is 0. The van der Waals surface area contributed by atoms with E-state index in [0.29, 0.717) is 0 Å². The summed E-state index contributed by atoms with van der Waals surface area (Å²) < 4.78 is 0. The van der Waals surface area contributed by atoms with Crippen LogP contribution in [0.2, 0.25) is 0 Å². The van der Waals surface area contributed by atoms with E-state index in [1.54, 1.807) is 0 Å². The molecule has 1 heterocycles. The quantitative estimate of drug-likeness (QED) is 0.630. The van der Waals surface area contributed by atoms with Gasteiger partial charge in [0.1, 0.15) is 0 Å². The molecule has 0 aromatic heterocycles. The van der Waals surface area contributed by atoms with Crippen molar-refractivity contribution in [2.75, 3.05) is 13.2 Å². The summed E-state index contributed by atoms with van der Waals surface area (Å²) in [6.45, 7) is 8.14. The van der Waals surface area contributed by atoms with E-state index in [9.17, 15) is 0 Å². The van der Waals surface area contributed by atoms with Crippen LogP contribution in [0.4, 0.5) is 0 Å². The van der Waals surface area contributed by atoms with Gasteiger partial charge in [-0.3, -0.25) is 0 Å². The number of hydrogen-bond acceptors (Lipinski definition) is 2. The number of unbranched alkanes of at least 4 members (excludes halogenated alkanes) is 3. The molecule has 1 aliphatic rings. The van der Waals surface area contributed by atoms with E-state index >= 15 is 0 Å². The van der Waals surface area contributed by atoms with Crippen molar-refractivity contribution in [3.63, 3.8) is 0 Å². The van der Waals surface area contributed by atoms with Gasteiger partial charge < -0.3 is 9.80 Å². The average molecular weight is 217 g/mol. The molecular formula is C11H21ClN2. The highest BCUT2D eigenvalue weighted by atomic mass is 35.5. The Morgan fingerprint density at radius 2 is 2.07 bits per heavy atom. The summed E-state index contributed by atoms with van der Waals surface area (Å²) in [5, 5.41) is 0. The second-order valence-corrected chi connectivity index (χ2v) is 3.51. The van der Waals surface area contributed by atoms with E-state index in [0.717, 1.165) is 6.67 Å². The lowest BCUT2D eigenvalue weighted by Gasteiger charge is -2.17. The molecule has 0 fully saturated rings. The zero-order valence-corrected chi connectivity index (χ0v) is 9.80. The van der Waals surface area contributed by atoms with E-state index in [1.807, 2.05) is 6.20 Å². The van der Waals surface area contributed by atoms with Gasteiger partial charge in [-0.2, -0.15) is 0 Å². The molecule has 0 saturated heterocycles. The van der Waals surface area contributed by atoms with Crippen LogP contribution in [0.3, 0.4) is 0 Å². The van der Waals surface area contributed by atoms with Crippen molar-refractivity contribution in [1.82, 2.24) is 9.80 Å². The number of halogens is 1. The van der Waals surface area contributed by atoms with Crippen molar-refractivity contribution in [2.24, 2.45) is 0 Å². The van der Waals surface area contributed by atoms with Crippen LogP contribution in [0, 0.1) is 0 Å². The highest BCUT2D eigenvalue weighted by Gasteiger charge is 2.07. The van der Waals surface area contributed by atoms with E-state index in [-0.39, 0.29) is 12.4 Å². The largest absolute Gasteiger partial charge is 0.358 e. The minimum Gasteiger partial charge on any atom is -0.358 e. The highest BCUT2D eigenvalue weighted by molar-refractivity contribution is 5.85. The monoisotopic (exact) mass is 216 g/mol. The van der Waals surface area contributed by atoms with Crippen molar-refractivity contribution < 1.29 is 0 Å². The second-order valence-electron chi connectivity index (χ2n) is 3.51. The Morgan fingerprint density at radius 3 is 2.64 bits per heavy atom. The maximum Gasteiger partial charge on any atom is 0.0935 e. The minimum atomic E-state index is 0. The first-order valence-electron chi connectivity index (χ1n) is 5.17. The lowest BCUT2D eigenvalue weighted by molar-refractivity contribution is 0.308. The molecule has 0 aliphatic carbocycles. The fourth-order valence-electron chi connectivity index (χ4n) is 1.49. The predicted molar refractivity (Wildman–Crippen MR) is 64.1 cm³/mol. The Morgan fingerprint density at radius 1 is 1.29 bits per heavy atom. The molecule has 0 bridgehead atoms. The first-order chi connectivity index (χ1) is 6.36. The number of rotatable bonds is 6. The number of hydrogen-bond donors (Lipinski definition) is 0. The molecule has 0 amide bonds. The van der Waals surface area contributed by atoms with Gasteiger partial charge in [-0.05, 0) is 12.6 Å². The fraction of sp³-hybridized carbons (Fsp3) is 0.636. The molecule has 2 nitrogen and oxygen atoms in total. The van der Waals surface area contributed by atoms with Gasteiger partial charge in [0.2, 0.25) is 0 Å². The summed E-state index contributed by atoms with van der Waals surface area (Å²) in [6.07, 6.45) is 11.4.